The molecule has 2 aromatic carbocycles. The summed E-state index contributed by atoms with van der Waals surface area (Å²) in [6.07, 6.45) is 0.668. The molecule has 0 aliphatic carbocycles. The molecule has 0 fully saturated rings. The third-order valence-corrected chi connectivity index (χ3v) is 4.30. The Labute approximate surface area is 145 Å². The zero-order valence-electron chi connectivity index (χ0n) is 13.1. The molecule has 0 heterocycles. The average molecular weight is 394 g/mol. The fraction of sp³-hybridized carbons (Fsp3) is 0.133. The minimum atomic E-state index is -4.18. The van der Waals surface area contributed by atoms with Crippen molar-refractivity contribution in [2.45, 2.75) is 0 Å². The number of sulfonamides is 1. The van der Waals surface area contributed by atoms with Crippen molar-refractivity contribution in [3.05, 3.63) is 59.4 Å². The van der Waals surface area contributed by atoms with E-state index in [0.29, 0.717) is 22.7 Å². The van der Waals surface area contributed by atoms with E-state index in [-0.39, 0.29) is 0 Å². The van der Waals surface area contributed by atoms with Gasteiger partial charge in [-0.3, -0.25) is 9.10 Å². The van der Waals surface area contributed by atoms with Gasteiger partial charge in [0, 0.05) is 6.07 Å². The molecule has 0 radical (unpaired) electrons. The van der Waals surface area contributed by atoms with Gasteiger partial charge < -0.3 is 5.32 Å². The molecule has 0 aromatic heterocycles. The largest absolute Gasteiger partial charge is 0.322 e. The van der Waals surface area contributed by atoms with Crippen molar-refractivity contribution in [3.8, 4) is 0 Å². The van der Waals surface area contributed by atoms with Crippen molar-refractivity contribution < 1.29 is 35.2 Å². The van der Waals surface area contributed by atoms with Gasteiger partial charge in [-0.05, 0) is 24.3 Å². The van der Waals surface area contributed by atoms with E-state index in [4.69, 9.17) is 0 Å². The summed E-state index contributed by atoms with van der Waals surface area (Å²) < 4.78 is 90.4. The van der Waals surface area contributed by atoms with Gasteiger partial charge in [0.25, 0.3) is 0 Å². The molecule has 0 saturated carbocycles. The maximum atomic E-state index is 13.8. The smallest absolute Gasteiger partial charge is 0.245 e. The molecule has 1 amide bonds. The van der Waals surface area contributed by atoms with Crippen LogP contribution in [0.1, 0.15) is 0 Å². The number of carbonyl (C=O) groups excluding carboxylic acids is 1. The van der Waals surface area contributed by atoms with Gasteiger partial charge in [-0.2, -0.15) is 0 Å². The molecule has 26 heavy (non-hydrogen) atoms. The number of nitrogens with one attached hydrogen (secondary N) is 1. The summed E-state index contributed by atoms with van der Waals surface area (Å²) in [5, 5.41) is 1.86. The summed E-state index contributed by atoms with van der Waals surface area (Å²) in [7, 11) is -4.18. The first-order valence-electron chi connectivity index (χ1n) is 6.87. The number of halogens is 5. The van der Waals surface area contributed by atoms with Crippen molar-refractivity contribution in [1.82, 2.24) is 0 Å². The Kier molecular flexibility index (Phi) is 5.50. The van der Waals surface area contributed by atoms with Crippen LogP contribution in [0, 0.1) is 29.1 Å². The van der Waals surface area contributed by atoms with Crippen LogP contribution in [0.3, 0.4) is 0 Å². The molecule has 0 atom stereocenters. The highest BCUT2D eigenvalue weighted by molar-refractivity contribution is 7.92. The SMILES string of the molecule is CS(=O)(=O)N(CC(=O)Nc1ccc(F)c(F)c1F)c1ccc(F)cc1F. The molecule has 1 N–H and O–H groups in total. The Morgan fingerprint density at radius 1 is 1.00 bits per heavy atom. The van der Waals surface area contributed by atoms with Crippen molar-refractivity contribution in [2.75, 3.05) is 22.4 Å². The lowest BCUT2D eigenvalue weighted by molar-refractivity contribution is -0.114. The fourth-order valence-corrected chi connectivity index (χ4v) is 2.86. The number of hydrogen-bond donors (Lipinski definition) is 1. The molecule has 5 nitrogen and oxygen atoms in total. The van der Waals surface area contributed by atoms with Gasteiger partial charge in [0.1, 0.15) is 18.2 Å². The quantitative estimate of drug-likeness (QED) is 0.627. The number of anilines is 2. The molecular formula is C15H11F5N2O3S. The summed E-state index contributed by atoms with van der Waals surface area (Å²) in [6.45, 7) is -1.01. The standard InChI is InChI=1S/C15H11F5N2O3S/c1-26(24,25)22(12-5-2-8(16)6-10(12)18)7-13(23)21-11-4-3-9(17)14(19)15(11)20/h2-6H,7H2,1H3,(H,21,23). The van der Waals surface area contributed by atoms with Gasteiger partial charge >= 0.3 is 0 Å². The monoisotopic (exact) mass is 394 g/mol. The number of nitrogens with zero attached hydrogens (tertiary/aromatic N) is 1. The predicted octanol–water partition coefficient (Wildman–Crippen LogP) is 2.79. The van der Waals surface area contributed by atoms with Crippen LogP contribution in [-0.4, -0.2) is 27.1 Å². The van der Waals surface area contributed by atoms with Crippen molar-refractivity contribution in [3.63, 3.8) is 0 Å². The number of hydrogen-bond acceptors (Lipinski definition) is 3. The summed E-state index contributed by atoms with van der Waals surface area (Å²) in [5.41, 5.74) is -1.35. The normalized spacial score (nSPS) is 11.3. The Hall–Kier alpha value is -2.69. The third kappa shape index (κ3) is 4.28. The second-order valence-corrected chi connectivity index (χ2v) is 7.04. The van der Waals surface area contributed by atoms with E-state index in [9.17, 15) is 35.2 Å². The first-order chi connectivity index (χ1) is 12.0. The van der Waals surface area contributed by atoms with Gasteiger partial charge in [-0.25, -0.2) is 30.4 Å². The summed E-state index contributed by atoms with van der Waals surface area (Å²) in [6, 6.07) is 3.29. The zero-order valence-corrected chi connectivity index (χ0v) is 13.9. The van der Waals surface area contributed by atoms with E-state index in [1.165, 1.54) is 0 Å². The first-order valence-corrected chi connectivity index (χ1v) is 8.71. The Bertz CT molecular complexity index is 966. The molecule has 0 aliphatic heterocycles. The van der Waals surface area contributed by atoms with E-state index in [1.54, 1.807) is 0 Å². The van der Waals surface area contributed by atoms with Crippen LogP contribution >= 0.6 is 0 Å². The van der Waals surface area contributed by atoms with Crippen molar-refractivity contribution >= 4 is 27.3 Å². The summed E-state index contributed by atoms with van der Waals surface area (Å²) in [5.74, 6) is -8.37. The molecule has 2 rings (SSSR count). The third-order valence-electron chi connectivity index (χ3n) is 3.18. The molecule has 0 aliphatic rings. The molecule has 0 unspecified atom stereocenters. The maximum absolute atomic E-state index is 13.8. The zero-order chi connectivity index (χ0) is 19.6. The lowest BCUT2D eigenvalue weighted by Gasteiger charge is -2.22. The molecule has 0 spiro atoms. The van der Waals surface area contributed by atoms with E-state index in [2.05, 4.69) is 0 Å². The Morgan fingerprint density at radius 2 is 1.65 bits per heavy atom. The van der Waals surface area contributed by atoms with Gasteiger partial charge in [-0.1, -0.05) is 0 Å². The maximum Gasteiger partial charge on any atom is 0.245 e. The van der Waals surface area contributed by atoms with Crippen LogP contribution in [0.5, 0.6) is 0 Å². The van der Waals surface area contributed by atoms with Crippen LogP contribution < -0.4 is 9.62 Å². The lowest BCUT2D eigenvalue weighted by atomic mass is 10.2. The molecule has 0 saturated heterocycles. The van der Waals surface area contributed by atoms with E-state index >= 15 is 0 Å². The lowest BCUT2D eigenvalue weighted by Crippen LogP contribution is -2.38. The van der Waals surface area contributed by atoms with Gasteiger partial charge in [-0.15, -0.1) is 0 Å². The number of amides is 1. The van der Waals surface area contributed by atoms with Crippen LogP contribution in [0.4, 0.5) is 33.3 Å². The number of carbonyl (C=O) groups is 1. The van der Waals surface area contributed by atoms with Gasteiger partial charge in [0.05, 0.1) is 17.6 Å². The van der Waals surface area contributed by atoms with Crippen molar-refractivity contribution in [1.29, 1.82) is 0 Å². The van der Waals surface area contributed by atoms with Crippen LogP contribution in [0.2, 0.25) is 0 Å². The van der Waals surface area contributed by atoms with Gasteiger partial charge in [0.15, 0.2) is 17.5 Å². The summed E-state index contributed by atoms with van der Waals surface area (Å²) in [4.78, 5) is 12.0. The van der Waals surface area contributed by atoms with E-state index < -0.39 is 62.9 Å². The second kappa shape index (κ2) is 7.28. The highest BCUT2D eigenvalue weighted by Crippen LogP contribution is 2.23. The number of rotatable bonds is 5. The van der Waals surface area contributed by atoms with Gasteiger partial charge in [0.2, 0.25) is 15.9 Å². The first kappa shape index (κ1) is 19.6. The predicted molar refractivity (Wildman–Crippen MR) is 83.5 cm³/mol. The number of benzene rings is 2. The minimum Gasteiger partial charge on any atom is -0.322 e. The highest BCUT2D eigenvalue weighted by Gasteiger charge is 2.25. The van der Waals surface area contributed by atoms with Crippen LogP contribution in [0.25, 0.3) is 0 Å². The molecule has 0 bridgehead atoms. The molecule has 2 aromatic rings. The van der Waals surface area contributed by atoms with Crippen LogP contribution in [-0.2, 0) is 14.8 Å². The van der Waals surface area contributed by atoms with E-state index in [0.717, 1.165) is 18.2 Å². The van der Waals surface area contributed by atoms with Crippen molar-refractivity contribution in [2.24, 2.45) is 0 Å². The molecule has 11 heteroatoms. The van der Waals surface area contributed by atoms with E-state index in [1.807, 2.05) is 5.32 Å². The Morgan fingerprint density at radius 3 is 2.23 bits per heavy atom. The average Bonchev–Trinajstić information content (AvgIpc) is 2.53. The molecule has 140 valence electrons. The Balaban J connectivity index is 2.30. The topological polar surface area (TPSA) is 66.5 Å². The summed E-state index contributed by atoms with van der Waals surface area (Å²) >= 11 is 0. The van der Waals surface area contributed by atoms with Crippen LogP contribution in [0.15, 0.2) is 30.3 Å². The fourth-order valence-electron chi connectivity index (χ4n) is 2.01. The highest BCUT2D eigenvalue weighted by atomic mass is 32.2. The second-order valence-electron chi connectivity index (χ2n) is 5.14. The molecular weight excluding hydrogens is 383 g/mol. The minimum absolute atomic E-state index is 0.314.